The summed E-state index contributed by atoms with van der Waals surface area (Å²) in [6.45, 7) is 7.89. The highest BCUT2D eigenvalue weighted by Crippen LogP contribution is 2.06. The Labute approximate surface area is 101 Å². The van der Waals surface area contributed by atoms with Crippen LogP contribution in [0.1, 0.15) is 59.3 Å². The topological polar surface area (TPSA) is 27.7 Å². The molecule has 0 bridgehead atoms. The van der Waals surface area contributed by atoms with Crippen molar-refractivity contribution in [2.75, 3.05) is 13.2 Å². The second-order valence-corrected chi connectivity index (χ2v) is 4.07. The van der Waals surface area contributed by atoms with Crippen LogP contribution in [0.2, 0.25) is 6.32 Å². The molecule has 0 fully saturated rings. The number of hydrogen-bond acceptors (Lipinski definition) is 3. The van der Waals surface area contributed by atoms with E-state index in [1.807, 2.05) is 0 Å². The first-order chi connectivity index (χ1) is 7.85. The monoisotopic (exact) mass is 230 g/mol. The summed E-state index contributed by atoms with van der Waals surface area (Å²) in [6, 6.07) is 0. The van der Waals surface area contributed by atoms with Crippen LogP contribution in [0.4, 0.5) is 0 Å². The highest BCUT2D eigenvalue weighted by molar-refractivity contribution is 6.44. The zero-order valence-electron chi connectivity index (χ0n) is 11.2. The molecule has 0 saturated heterocycles. The maximum Gasteiger partial charge on any atom is 0.490 e. The average Bonchev–Trinajstić information content (AvgIpc) is 2.31. The summed E-state index contributed by atoms with van der Waals surface area (Å²) in [4.78, 5) is 10.4. The van der Waals surface area contributed by atoms with Crippen molar-refractivity contribution in [3.8, 4) is 0 Å². The van der Waals surface area contributed by atoms with E-state index in [0.717, 1.165) is 51.5 Å². The van der Waals surface area contributed by atoms with E-state index in [0.29, 0.717) is 6.61 Å². The van der Waals surface area contributed by atoms with Gasteiger partial charge < -0.3 is 4.65 Å². The Morgan fingerprint density at radius 3 is 2.06 bits per heavy atom. The lowest BCUT2D eigenvalue weighted by Crippen LogP contribution is -2.23. The smallest absolute Gasteiger partial charge is 0.410 e. The summed E-state index contributed by atoms with van der Waals surface area (Å²) >= 11 is 0. The summed E-state index contributed by atoms with van der Waals surface area (Å²) < 4.78 is 5.62. The van der Waals surface area contributed by atoms with Gasteiger partial charge in [0, 0.05) is 6.61 Å². The first kappa shape index (κ1) is 15.9. The van der Waals surface area contributed by atoms with Gasteiger partial charge in [0.1, 0.15) is 0 Å². The van der Waals surface area contributed by atoms with Gasteiger partial charge >= 0.3 is 7.12 Å². The fraction of sp³-hybridized carbons (Fsp3) is 1.00. The van der Waals surface area contributed by atoms with E-state index in [-0.39, 0.29) is 7.12 Å². The molecule has 0 saturated carbocycles. The van der Waals surface area contributed by atoms with Gasteiger partial charge in [0.2, 0.25) is 0 Å². The first-order valence-corrected chi connectivity index (χ1v) is 6.74. The van der Waals surface area contributed by atoms with Crippen molar-refractivity contribution in [1.82, 2.24) is 0 Å². The van der Waals surface area contributed by atoms with Crippen LogP contribution in [0, 0.1) is 0 Å². The highest BCUT2D eigenvalue weighted by Gasteiger charge is 2.18. The largest absolute Gasteiger partial charge is 0.490 e. The lowest BCUT2D eigenvalue weighted by atomic mass is 9.83. The SMILES string of the molecule is CCCCOOB(CCCC)OCCCC. The molecule has 0 radical (unpaired) electrons. The molecule has 4 heteroatoms. The predicted molar refractivity (Wildman–Crippen MR) is 68.3 cm³/mol. The van der Waals surface area contributed by atoms with Gasteiger partial charge in [-0.05, 0) is 19.2 Å². The van der Waals surface area contributed by atoms with Crippen LogP contribution in [0.15, 0.2) is 0 Å². The Bertz CT molecular complexity index is 133. The fourth-order valence-corrected chi connectivity index (χ4v) is 1.22. The van der Waals surface area contributed by atoms with Gasteiger partial charge in [-0.1, -0.05) is 46.5 Å². The average molecular weight is 230 g/mol. The first-order valence-electron chi connectivity index (χ1n) is 6.74. The van der Waals surface area contributed by atoms with Crippen LogP contribution >= 0.6 is 0 Å². The van der Waals surface area contributed by atoms with Gasteiger partial charge in [-0.25, -0.2) is 4.89 Å². The molecule has 0 unspecified atom stereocenters. The van der Waals surface area contributed by atoms with Crippen LogP contribution in [-0.2, 0) is 14.3 Å². The molecular formula is C12H27BO3. The Morgan fingerprint density at radius 1 is 0.812 bits per heavy atom. The van der Waals surface area contributed by atoms with Crippen molar-refractivity contribution in [1.29, 1.82) is 0 Å². The van der Waals surface area contributed by atoms with E-state index >= 15 is 0 Å². The molecule has 0 aromatic heterocycles. The van der Waals surface area contributed by atoms with Gasteiger partial charge in [0.25, 0.3) is 0 Å². The molecule has 0 aromatic carbocycles. The van der Waals surface area contributed by atoms with Gasteiger partial charge in [0.15, 0.2) is 0 Å². The number of hydrogen-bond donors (Lipinski definition) is 0. The van der Waals surface area contributed by atoms with Gasteiger partial charge in [-0.15, -0.1) is 0 Å². The minimum Gasteiger partial charge on any atom is -0.410 e. The Balaban J connectivity index is 3.54. The fourth-order valence-electron chi connectivity index (χ4n) is 1.22. The zero-order chi connectivity index (χ0) is 12.1. The molecule has 0 aromatic rings. The second-order valence-electron chi connectivity index (χ2n) is 4.07. The number of unbranched alkanes of at least 4 members (excludes halogenated alkanes) is 3. The van der Waals surface area contributed by atoms with Crippen molar-refractivity contribution in [3.63, 3.8) is 0 Å². The molecule has 96 valence electrons. The summed E-state index contributed by atoms with van der Waals surface area (Å²) in [5.41, 5.74) is 0. The van der Waals surface area contributed by atoms with Gasteiger partial charge in [0.05, 0.1) is 6.61 Å². The Hall–Kier alpha value is -0.0551. The second kappa shape index (κ2) is 13.0. The lowest BCUT2D eigenvalue weighted by Gasteiger charge is -2.13. The van der Waals surface area contributed by atoms with E-state index in [2.05, 4.69) is 20.8 Å². The van der Waals surface area contributed by atoms with Crippen LogP contribution in [0.5, 0.6) is 0 Å². The van der Waals surface area contributed by atoms with Crippen molar-refractivity contribution < 1.29 is 14.3 Å². The third-order valence-corrected chi connectivity index (χ3v) is 2.35. The van der Waals surface area contributed by atoms with E-state index in [1.165, 1.54) is 0 Å². The molecule has 16 heavy (non-hydrogen) atoms. The molecule has 0 atom stereocenters. The third kappa shape index (κ3) is 10.5. The molecule has 0 spiro atoms. The molecule has 0 aliphatic rings. The van der Waals surface area contributed by atoms with E-state index in [9.17, 15) is 0 Å². The summed E-state index contributed by atoms with van der Waals surface area (Å²) in [6.07, 6.45) is 7.60. The predicted octanol–water partition coefficient (Wildman–Crippen LogP) is 3.84. The van der Waals surface area contributed by atoms with Crippen LogP contribution in [-0.4, -0.2) is 20.3 Å². The van der Waals surface area contributed by atoms with Crippen LogP contribution in [0.25, 0.3) is 0 Å². The highest BCUT2D eigenvalue weighted by atomic mass is 17.2. The summed E-state index contributed by atoms with van der Waals surface area (Å²) in [7, 11) is -0.177. The zero-order valence-corrected chi connectivity index (χ0v) is 11.2. The molecule has 0 aliphatic heterocycles. The Kier molecular flexibility index (Phi) is 13.0. The molecular weight excluding hydrogens is 203 g/mol. The molecule has 0 amide bonds. The van der Waals surface area contributed by atoms with Crippen LogP contribution < -0.4 is 0 Å². The van der Waals surface area contributed by atoms with E-state index in [1.54, 1.807) is 0 Å². The number of rotatable bonds is 12. The molecule has 3 nitrogen and oxygen atoms in total. The van der Waals surface area contributed by atoms with E-state index < -0.39 is 0 Å². The standard InChI is InChI=1S/C12H27BO3/c1-4-7-10-13(14-11-8-5-2)16-15-12-9-6-3/h4-12H2,1-3H3. The van der Waals surface area contributed by atoms with E-state index in [4.69, 9.17) is 14.3 Å². The lowest BCUT2D eigenvalue weighted by molar-refractivity contribution is -0.226. The van der Waals surface area contributed by atoms with Crippen LogP contribution in [0.3, 0.4) is 0 Å². The quantitative estimate of drug-likeness (QED) is 0.220. The summed E-state index contributed by atoms with van der Waals surface area (Å²) in [5.74, 6) is 0. The van der Waals surface area contributed by atoms with Gasteiger partial charge in [-0.2, -0.15) is 0 Å². The van der Waals surface area contributed by atoms with Crippen molar-refractivity contribution in [2.24, 2.45) is 0 Å². The third-order valence-electron chi connectivity index (χ3n) is 2.35. The Morgan fingerprint density at radius 2 is 1.44 bits per heavy atom. The van der Waals surface area contributed by atoms with Crippen molar-refractivity contribution in [2.45, 2.75) is 65.6 Å². The van der Waals surface area contributed by atoms with Crippen molar-refractivity contribution >= 4 is 7.12 Å². The van der Waals surface area contributed by atoms with Crippen molar-refractivity contribution in [3.05, 3.63) is 0 Å². The normalized spacial score (nSPS) is 10.7. The maximum atomic E-state index is 5.62. The minimum absolute atomic E-state index is 0.177. The van der Waals surface area contributed by atoms with Gasteiger partial charge in [-0.3, -0.25) is 4.81 Å². The summed E-state index contributed by atoms with van der Waals surface area (Å²) in [5, 5.41) is 0. The minimum atomic E-state index is -0.177. The molecule has 0 rings (SSSR count). The molecule has 0 aliphatic carbocycles. The molecule has 0 N–H and O–H groups in total. The molecule has 0 heterocycles. The maximum absolute atomic E-state index is 5.62.